The highest BCUT2D eigenvalue weighted by Gasteiger charge is 2.40. The number of nitrogens with zero attached hydrogens (tertiary/aromatic N) is 1. The molecular weight excluding hydrogens is 348 g/mol. The third-order valence-electron chi connectivity index (χ3n) is 4.00. The quantitative estimate of drug-likeness (QED) is 0.744. The minimum absolute atomic E-state index is 0.0199. The summed E-state index contributed by atoms with van der Waals surface area (Å²) in [4.78, 5) is 25.3. The summed E-state index contributed by atoms with van der Waals surface area (Å²) in [6, 6.07) is 5.07. The van der Waals surface area contributed by atoms with Gasteiger partial charge in [-0.1, -0.05) is 13.0 Å². The van der Waals surface area contributed by atoms with Gasteiger partial charge in [0.05, 0.1) is 11.9 Å². The van der Waals surface area contributed by atoms with Gasteiger partial charge in [-0.15, -0.1) is 0 Å². The number of hydrogen-bond donors (Lipinski definition) is 2. The highest BCUT2D eigenvalue weighted by molar-refractivity contribution is 7.92. The number of methoxy groups -OCH3 is 1. The molecule has 25 heavy (non-hydrogen) atoms. The molecule has 2 N–H and O–H groups in total. The van der Waals surface area contributed by atoms with Crippen LogP contribution < -0.4 is 4.72 Å². The van der Waals surface area contributed by atoms with Crippen LogP contribution in [0.2, 0.25) is 0 Å². The lowest BCUT2D eigenvalue weighted by Gasteiger charge is -2.21. The smallest absolute Gasteiger partial charge is 0.326 e. The molecule has 8 nitrogen and oxygen atoms in total. The predicted octanol–water partition coefficient (Wildman–Crippen LogP) is 1.15. The maximum Gasteiger partial charge on any atom is 0.326 e. The second-order valence-electron chi connectivity index (χ2n) is 5.91. The third kappa shape index (κ3) is 4.70. The van der Waals surface area contributed by atoms with Gasteiger partial charge in [0.1, 0.15) is 6.04 Å². The number of nitrogens with one attached hydrogen (secondary N) is 1. The van der Waals surface area contributed by atoms with Crippen molar-refractivity contribution in [1.82, 2.24) is 4.90 Å². The number of aliphatic carboxylic acids is 1. The fraction of sp³-hybridized carbons (Fsp3) is 0.500. The minimum atomic E-state index is -3.47. The van der Waals surface area contributed by atoms with Crippen LogP contribution in [0.15, 0.2) is 24.3 Å². The van der Waals surface area contributed by atoms with Crippen LogP contribution >= 0.6 is 0 Å². The van der Waals surface area contributed by atoms with Crippen molar-refractivity contribution in [2.45, 2.75) is 31.9 Å². The monoisotopic (exact) mass is 370 g/mol. The van der Waals surface area contributed by atoms with Crippen molar-refractivity contribution < 1.29 is 27.9 Å². The highest BCUT2D eigenvalue weighted by atomic mass is 32.2. The molecule has 1 fully saturated rings. The molecule has 1 amide bonds. The van der Waals surface area contributed by atoms with Crippen LogP contribution in [0.25, 0.3) is 0 Å². The number of carboxylic acids is 1. The molecule has 2 atom stereocenters. The molecule has 0 spiro atoms. The Kier molecular flexibility index (Phi) is 6.02. The number of likely N-dealkylation sites (tertiary alicyclic amines) is 1. The van der Waals surface area contributed by atoms with Gasteiger partial charge in [-0.2, -0.15) is 0 Å². The highest BCUT2D eigenvalue weighted by Crippen LogP contribution is 2.24. The molecule has 9 heteroatoms. The molecule has 1 saturated heterocycles. The summed E-state index contributed by atoms with van der Waals surface area (Å²) < 4.78 is 31.3. The molecule has 0 bridgehead atoms. The first kappa shape index (κ1) is 19.2. The van der Waals surface area contributed by atoms with Crippen molar-refractivity contribution in [2.75, 3.05) is 24.1 Å². The van der Waals surface area contributed by atoms with E-state index in [1.807, 2.05) is 0 Å². The Morgan fingerprint density at radius 1 is 1.40 bits per heavy atom. The summed E-state index contributed by atoms with van der Waals surface area (Å²) >= 11 is 0. The maximum atomic E-state index is 12.7. The van der Waals surface area contributed by atoms with Gasteiger partial charge >= 0.3 is 5.97 Å². The number of amides is 1. The summed E-state index contributed by atoms with van der Waals surface area (Å²) in [5.41, 5.74) is 0.494. The van der Waals surface area contributed by atoms with Gasteiger partial charge < -0.3 is 14.7 Å². The first-order valence-electron chi connectivity index (χ1n) is 7.94. The molecule has 1 aliphatic heterocycles. The van der Waals surface area contributed by atoms with Crippen LogP contribution in [-0.2, 0) is 19.6 Å². The first-order valence-corrected chi connectivity index (χ1v) is 9.59. The molecule has 1 heterocycles. The number of carbonyl (C=O) groups is 2. The topological polar surface area (TPSA) is 113 Å². The molecule has 2 rings (SSSR count). The Bertz CT molecular complexity index is 749. The van der Waals surface area contributed by atoms with Crippen molar-refractivity contribution in [2.24, 2.45) is 0 Å². The molecule has 1 aromatic rings. The number of hydrogen-bond acceptors (Lipinski definition) is 5. The summed E-state index contributed by atoms with van der Waals surface area (Å²) in [5.74, 6) is -1.58. The van der Waals surface area contributed by atoms with Gasteiger partial charge in [-0.05, 0) is 24.6 Å². The Labute approximate surface area is 146 Å². The normalized spacial score (nSPS) is 20.5. The molecule has 0 aromatic heterocycles. The Hall–Kier alpha value is -2.13. The molecule has 2 unspecified atom stereocenters. The van der Waals surface area contributed by atoms with E-state index in [0.717, 1.165) is 0 Å². The summed E-state index contributed by atoms with van der Waals surface area (Å²) in [5, 5.41) is 9.32. The molecule has 1 aliphatic rings. The lowest BCUT2D eigenvalue weighted by molar-refractivity contribution is -0.141. The molecule has 138 valence electrons. The molecule has 0 aliphatic carbocycles. The number of sulfonamides is 1. The van der Waals surface area contributed by atoms with E-state index in [4.69, 9.17) is 4.74 Å². The van der Waals surface area contributed by atoms with Crippen LogP contribution in [0.1, 0.15) is 30.1 Å². The standard InChI is InChI=1S/C16H22N2O6S/c1-3-7-25(22,23)17-12-6-4-5-11(8-12)15(19)18-10-13(24-2)9-14(18)16(20)21/h4-6,8,13-14,17H,3,7,9-10H2,1-2H3,(H,20,21). The van der Waals surface area contributed by atoms with Gasteiger partial charge in [-0.3, -0.25) is 9.52 Å². The summed E-state index contributed by atoms with van der Waals surface area (Å²) in [6.07, 6.45) is 0.358. The zero-order valence-corrected chi connectivity index (χ0v) is 15.0. The van der Waals surface area contributed by atoms with Crippen molar-refractivity contribution in [3.05, 3.63) is 29.8 Å². The number of rotatable bonds is 7. The van der Waals surface area contributed by atoms with Crippen LogP contribution in [-0.4, -0.2) is 61.9 Å². The number of anilines is 1. The average molecular weight is 370 g/mol. The zero-order valence-electron chi connectivity index (χ0n) is 14.1. The minimum Gasteiger partial charge on any atom is -0.480 e. The molecule has 1 aromatic carbocycles. The van der Waals surface area contributed by atoms with E-state index in [-0.39, 0.29) is 36.1 Å². The van der Waals surface area contributed by atoms with Gasteiger partial charge in [0.15, 0.2) is 0 Å². The second-order valence-corrected chi connectivity index (χ2v) is 7.75. The van der Waals surface area contributed by atoms with Gasteiger partial charge in [0.2, 0.25) is 10.0 Å². The Morgan fingerprint density at radius 2 is 2.12 bits per heavy atom. The number of benzene rings is 1. The number of carbonyl (C=O) groups excluding carboxylic acids is 1. The molecule has 0 saturated carbocycles. The molecule has 0 radical (unpaired) electrons. The van der Waals surface area contributed by atoms with E-state index in [1.54, 1.807) is 19.1 Å². The van der Waals surface area contributed by atoms with Crippen molar-refractivity contribution >= 4 is 27.6 Å². The SMILES string of the molecule is CCCS(=O)(=O)Nc1cccc(C(=O)N2CC(OC)CC2C(=O)O)c1. The largest absolute Gasteiger partial charge is 0.480 e. The fourth-order valence-corrected chi connectivity index (χ4v) is 3.93. The van der Waals surface area contributed by atoms with Gasteiger partial charge in [0.25, 0.3) is 5.91 Å². The van der Waals surface area contributed by atoms with E-state index < -0.39 is 27.9 Å². The predicted molar refractivity (Wildman–Crippen MR) is 92.0 cm³/mol. The lowest BCUT2D eigenvalue weighted by atomic mass is 10.1. The van der Waals surface area contributed by atoms with Gasteiger partial charge in [-0.25, -0.2) is 13.2 Å². The lowest BCUT2D eigenvalue weighted by Crippen LogP contribution is -2.40. The van der Waals surface area contributed by atoms with E-state index in [9.17, 15) is 23.1 Å². The summed E-state index contributed by atoms with van der Waals surface area (Å²) in [6.45, 7) is 1.93. The number of carboxylic acid groups (broad SMARTS) is 1. The van der Waals surface area contributed by atoms with E-state index in [1.165, 1.54) is 24.1 Å². The van der Waals surface area contributed by atoms with E-state index in [2.05, 4.69) is 4.72 Å². The van der Waals surface area contributed by atoms with E-state index in [0.29, 0.717) is 6.42 Å². The van der Waals surface area contributed by atoms with Crippen molar-refractivity contribution in [3.63, 3.8) is 0 Å². The van der Waals surface area contributed by atoms with Crippen LogP contribution in [0.5, 0.6) is 0 Å². The fourth-order valence-electron chi connectivity index (χ4n) is 2.81. The van der Waals surface area contributed by atoms with Crippen molar-refractivity contribution in [3.8, 4) is 0 Å². The maximum absolute atomic E-state index is 12.7. The number of ether oxygens (including phenoxy) is 1. The van der Waals surface area contributed by atoms with Crippen molar-refractivity contribution in [1.29, 1.82) is 0 Å². The Balaban J connectivity index is 2.22. The zero-order chi connectivity index (χ0) is 18.6. The van der Waals surface area contributed by atoms with Crippen LogP contribution in [0.4, 0.5) is 5.69 Å². The molecular formula is C16H22N2O6S. The van der Waals surface area contributed by atoms with Gasteiger partial charge in [0, 0.05) is 31.3 Å². The van der Waals surface area contributed by atoms with E-state index >= 15 is 0 Å². The first-order chi connectivity index (χ1) is 11.8. The second kappa shape index (κ2) is 7.83. The summed E-state index contributed by atoms with van der Waals surface area (Å²) in [7, 11) is -2.00. The Morgan fingerprint density at radius 3 is 2.72 bits per heavy atom. The average Bonchev–Trinajstić information content (AvgIpc) is 2.98. The van der Waals surface area contributed by atoms with Crippen LogP contribution in [0.3, 0.4) is 0 Å². The van der Waals surface area contributed by atoms with Crippen LogP contribution in [0, 0.1) is 0 Å². The third-order valence-corrected chi connectivity index (χ3v) is 5.49.